The molecule has 1 aromatic heterocycles. The summed E-state index contributed by atoms with van der Waals surface area (Å²) in [5, 5.41) is 0. The molecule has 1 aromatic carbocycles. The van der Waals surface area contributed by atoms with Gasteiger partial charge in [0.05, 0.1) is 13.4 Å². The molecule has 2 aromatic rings. The molecule has 5 heteroatoms. The molecule has 140 valence electrons. The van der Waals surface area contributed by atoms with E-state index >= 15 is 0 Å². The van der Waals surface area contributed by atoms with Crippen LogP contribution in [-0.4, -0.2) is 43.6 Å². The average Bonchev–Trinajstić information content (AvgIpc) is 3.18. The van der Waals surface area contributed by atoms with Crippen molar-refractivity contribution in [2.45, 2.75) is 32.7 Å². The number of hydrogen-bond acceptors (Lipinski definition) is 4. The molecule has 0 atom stereocenters. The van der Waals surface area contributed by atoms with Gasteiger partial charge in [-0.05, 0) is 43.0 Å². The number of ether oxygens (including phenoxy) is 1. The van der Waals surface area contributed by atoms with Gasteiger partial charge in [0.25, 0.3) is 5.91 Å². The van der Waals surface area contributed by atoms with Gasteiger partial charge in [0, 0.05) is 37.4 Å². The third-order valence-electron chi connectivity index (χ3n) is 4.83. The summed E-state index contributed by atoms with van der Waals surface area (Å²) in [6.45, 7) is 7.62. The van der Waals surface area contributed by atoms with Gasteiger partial charge in [0.2, 0.25) is 0 Å². The van der Waals surface area contributed by atoms with E-state index in [1.807, 2.05) is 29.2 Å². The molecule has 1 amide bonds. The van der Waals surface area contributed by atoms with E-state index in [9.17, 15) is 4.79 Å². The number of piperidine rings is 1. The minimum Gasteiger partial charge on any atom is -0.497 e. The molecule has 0 saturated carbocycles. The zero-order chi connectivity index (χ0) is 18.5. The van der Waals surface area contributed by atoms with E-state index in [4.69, 9.17) is 9.15 Å². The van der Waals surface area contributed by atoms with Crippen molar-refractivity contribution in [3.63, 3.8) is 0 Å². The van der Waals surface area contributed by atoms with Crippen LogP contribution in [0.15, 0.2) is 47.1 Å². The molecule has 0 bridgehead atoms. The maximum absolute atomic E-state index is 13.1. The Morgan fingerprint density at radius 3 is 2.65 bits per heavy atom. The molecular weight excluding hydrogens is 328 g/mol. The molecule has 1 fully saturated rings. The van der Waals surface area contributed by atoms with Crippen molar-refractivity contribution in [3.8, 4) is 5.75 Å². The smallest absolute Gasteiger partial charge is 0.294 e. The van der Waals surface area contributed by atoms with Gasteiger partial charge in [-0.3, -0.25) is 4.79 Å². The Hall–Kier alpha value is -2.27. The number of rotatable bonds is 6. The Morgan fingerprint density at radius 1 is 1.27 bits per heavy atom. The average molecular weight is 356 g/mol. The summed E-state index contributed by atoms with van der Waals surface area (Å²) >= 11 is 0. The molecule has 1 aliphatic rings. The van der Waals surface area contributed by atoms with Crippen molar-refractivity contribution >= 4 is 11.6 Å². The predicted molar refractivity (Wildman–Crippen MR) is 103 cm³/mol. The number of hydrogen-bond donors (Lipinski definition) is 0. The molecule has 0 N–H and O–H groups in total. The van der Waals surface area contributed by atoms with E-state index in [1.165, 1.54) is 0 Å². The Balaban J connectivity index is 1.83. The van der Waals surface area contributed by atoms with Crippen LogP contribution in [0.5, 0.6) is 5.75 Å². The van der Waals surface area contributed by atoms with Gasteiger partial charge in [-0.2, -0.15) is 0 Å². The Morgan fingerprint density at radius 2 is 2.04 bits per heavy atom. The number of methoxy groups -OCH3 is 1. The number of anilines is 1. The van der Waals surface area contributed by atoms with Crippen LogP contribution in [0.4, 0.5) is 5.69 Å². The molecule has 3 rings (SSSR count). The fourth-order valence-electron chi connectivity index (χ4n) is 3.65. The van der Waals surface area contributed by atoms with E-state index in [2.05, 4.69) is 18.7 Å². The molecule has 1 aliphatic heterocycles. The van der Waals surface area contributed by atoms with E-state index < -0.39 is 0 Å². The number of benzene rings is 1. The number of carbonyl (C=O) groups excluding carboxylic acids is 1. The lowest BCUT2D eigenvalue weighted by Crippen LogP contribution is -2.48. The molecule has 5 nitrogen and oxygen atoms in total. The predicted octanol–water partition coefficient (Wildman–Crippen LogP) is 4.06. The molecule has 2 heterocycles. The van der Waals surface area contributed by atoms with Crippen molar-refractivity contribution in [2.24, 2.45) is 5.92 Å². The number of amides is 1. The van der Waals surface area contributed by atoms with Crippen LogP contribution in [0.1, 0.15) is 37.2 Å². The summed E-state index contributed by atoms with van der Waals surface area (Å²) in [4.78, 5) is 17.5. The Labute approximate surface area is 155 Å². The maximum atomic E-state index is 13.1. The monoisotopic (exact) mass is 356 g/mol. The van der Waals surface area contributed by atoms with Gasteiger partial charge in [-0.15, -0.1) is 0 Å². The zero-order valence-electron chi connectivity index (χ0n) is 15.9. The van der Waals surface area contributed by atoms with Gasteiger partial charge in [0.1, 0.15) is 5.75 Å². The summed E-state index contributed by atoms with van der Waals surface area (Å²) in [6, 6.07) is 11.3. The van der Waals surface area contributed by atoms with Crippen molar-refractivity contribution in [2.75, 3.05) is 31.6 Å². The van der Waals surface area contributed by atoms with Gasteiger partial charge in [-0.25, -0.2) is 0 Å². The van der Waals surface area contributed by atoms with Gasteiger partial charge < -0.3 is 19.0 Å². The van der Waals surface area contributed by atoms with E-state index in [1.54, 1.807) is 25.5 Å². The van der Waals surface area contributed by atoms with Crippen LogP contribution in [-0.2, 0) is 0 Å². The first-order chi connectivity index (χ1) is 12.6. The van der Waals surface area contributed by atoms with Gasteiger partial charge >= 0.3 is 0 Å². The second-order valence-electron chi connectivity index (χ2n) is 7.28. The number of likely N-dealkylation sites (tertiary alicyclic amines) is 1. The molecule has 0 aliphatic carbocycles. The van der Waals surface area contributed by atoms with Crippen molar-refractivity contribution in [3.05, 3.63) is 48.4 Å². The number of carbonyl (C=O) groups is 1. The minimum atomic E-state index is -0.0921. The van der Waals surface area contributed by atoms with Crippen LogP contribution in [0.3, 0.4) is 0 Å². The molecule has 26 heavy (non-hydrogen) atoms. The maximum Gasteiger partial charge on any atom is 0.294 e. The Kier molecular flexibility index (Phi) is 5.99. The fraction of sp³-hybridized carbons (Fsp3) is 0.476. The van der Waals surface area contributed by atoms with Crippen LogP contribution in [0.25, 0.3) is 0 Å². The molecule has 0 spiro atoms. The quantitative estimate of drug-likeness (QED) is 0.783. The van der Waals surface area contributed by atoms with Gasteiger partial charge in [-0.1, -0.05) is 19.9 Å². The first-order valence-corrected chi connectivity index (χ1v) is 9.32. The SMILES string of the molecule is COc1cccc(N(C(=O)c2ccco2)C2CCN(CC(C)C)CC2)c1. The lowest BCUT2D eigenvalue weighted by molar-refractivity contribution is 0.0930. The lowest BCUT2D eigenvalue weighted by atomic mass is 10.0. The summed E-state index contributed by atoms with van der Waals surface area (Å²) < 4.78 is 10.7. The summed E-state index contributed by atoms with van der Waals surface area (Å²) in [7, 11) is 1.64. The van der Waals surface area contributed by atoms with Crippen molar-refractivity contribution in [1.82, 2.24) is 4.90 Å². The second kappa shape index (κ2) is 8.41. The van der Waals surface area contributed by atoms with Crippen molar-refractivity contribution < 1.29 is 13.9 Å². The summed E-state index contributed by atoms with van der Waals surface area (Å²) in [5.74, 6) is 1.69. The van der Waals surface area contributed by atoms with Crippen molar-refractivity contribution in [1.29, 1.82) is 0 Å². The highest BCUT2D eigenvalue weighted by atomic mass is 16.5. The largest absolute Gasteiger partial charge is 0.497 e. The third-order valence-corrected chi connectivity index (χ3v) is 4.83. The van der Waals surface area contributed by atoms with E-state index in [0.29, 0.717) is 11.7 Å². The lowest BCUT2D eigenvalue weighted by Gasteiger charge is -2.38. The highest BCUT2D eigenvalue weighted by Gasteiger charge is 2.31. The number of nitrogens with zero attached hydrogens (tertiary/aromatic N) is 2. The first-order valence-electron chi connectivity index (χ1n) is 9.32. The zero-order valence-corrected chi connectivity index (χ0v) is 15.9. The highest BCUT2D eigenvalue weighted by Crippen LogP contribution is 2.29. The van der Waals surface area contributed by atoms with E-state index in [-0.39, 0.29) is 11.9 Å². The summed E-state index contributed by atoms with van der Waals surface area (Å²) in [6.07, 6.45) is 3.45. The standard InChI is InChI=1S/C21H28N2O3/c1-16(2)15-22-11-9-17(10-12-22)23(21(24)20-8-5-13-26-20)18-6-4-7-19(14-18)25-3/h4-8,13-14,16-17H,9-12,15H2,1-3H3. The van der Waals surface area contributed by atoms with Crippen LogP contribution >= 0.6 is 0 Å². The fourth-order valence-corrected chi connectivity index (χ4v) is 3.65. The van der Waals surface area contributed by atoms with Gasteiger partial charge in [0.15, 0.2) is 5.76 Å². The third kappa shape index (κ3) is 4.28. The van der Waals surface area contributed by atoms with Crippen LogP contribution in [0.2, 0.25) is 0 Å². The molecular formula is C21H28N2O3. The first kappa shape index (κ1) is 18.5. The highest BCUT2D eigenvalue weighted by molar-refractivity contribution is 6.04. The Bertz CT molecular complexity index is 704. The molecule has 0 unspecified atom stereocenters. The normalized spacial score (nSPS) is 16.0. The number of furan rings is 1. The second-order valence-corrected chi connectivity index (χ2v) is 7.28. The topological polar surface area (TPSA) is 45.9 Å². The van der Waals surface area contributed by atoms with Crippen LogP contribution in [0, 0.1) is 5.92 Å². The summed E-state index contributed by atoms with van der Waals surface area (Å²) in [5.41, 5.74) is 0.855. The van der Waals surface area contributed by atoms with Crippen LogP contribution < -0.4 is 9.64 Å². The molecule has 0 radical (unpaired) electrons. The van der Waals surface area contributed by atoms with E-state index in [0.717, 1.165) is 43.9 Å². The minimum absolute atomic E-state index is 0.0921. The molecule has 1 saturated heterocycles.